The molecule has 6 nitrogen and oxygen atoms in total. The van der Waals surface area contributed by atoms with Crippen molar-refractivity contribution in [2.75, 3.05) is 6.54 Å². The van der Waals surface area contributed by atoms with Crippen LogP contribution in [0.5, 0.6) is 0 Å². The zero-order valence-electron chi connectivity index (χ0n) is 11.4. The van der Waals surface area contributed by atoms with Crippen LogP contribution in [0.25, 0.3) is 6.08 Å². The number of carboxylic acid groups (broad SMARTS) is 1. The zero-order chi connectivity index (χ0) is 15.2. The molecule has 20 heavy (non-hydrogen) atoms. The highest BCUT2D eigenvalue weighted by atomic mass is 32.2. The van der Waals surface area contributed by atoms with Gasteiger partial charge in [0.1, 0.15) is 4.90 Å². The van der Waals surface area contributed by atoms with E-state index in [-0.39, 0.29) is 10.8 Å². The molecule has 0 bridgehead atoms. The SMILES string of the molecule is CCC(C)CNS(=O)(=O)c1cncc(C=CC(=O)O)c1. The fourth-order valence-electron chi connectivity index (χ4n) is 1.32. The van der Waals surface area contributed by atoms with Crippen LogP contribution in [0.2, 0.25) is 0 Å². The molecule has 2 N–H and O–H groups in total. The summed E-state index contributed by atoms with van der Waals surface area (Å²) in [7, 11) is -3.62. The van der Waals surface area contributed by atoms with Crippen LogP contribution in [0.1, 0.15) is 25.8 Å². The number of carbonyl (C=O) groups is 1. The van der Waals surface area contributed by atoms with Gasteiger partial charge in [0.2, 0.25) is 10.0 Å². The van der Waals surface area contributed by atoms with Crippen molar-refractivity contribution in [3.8, 4) is 0 Å². The van der Waals surface area contributed by atoms with Crippen molar-refractivity contribution < 1.29 is 18.3 Å². The van der Waals surface area contributed by atoms with Crippen LogP contribution in [-0.4, -0.2) is 31.0 Å². The molecule has 0 aliphatic carbocycles. The van der Waals surface area contributed by atoms with Crippen molar-refractivity contribution in [1.29, 1.82) is 0 Å². The van der Waals surface area contributed by atoms with Crippen molar-refractivity contribution in [2.45, 2.75) is 25.2 Å². The average Bonchev–Trinajstić information content (AvgIpc) is 2.43. The number of nitrogens with one attached hydrogen (secondary N) is 1. The topological polar surface area (TPSA) is 96.4 Å². The van der Waals surface area contributed by atoms with Gasteiger partial charge in [-0.05, 0) is 23.6 Å². The fourth-order valence-corrected chi connectivity index (χ4v) is 2.48. The van der Waals surface area contributed by atoms with E-state index >= 15 is 0 Å². The summed E-state index contributed by atoms with van der Waals surface area (Å²) in [6.07, 6.45) is 5.73. The van der Waals surface area contributed by atoms with Crippen molar-refractivity contribution in [3.05, 3.63) is 30.1 Å². The summed E-state index contributed by atoms with van der Waals surface area (Å²) in [6.45, 7) is 4.29. The van der Waals surface area contributed by atoms with Gasteiger partial charge in [-0.3, -0.25) is 4.98 Å². The van der Waals surface area contributed by atoms with Crippen molar-refractivity contribution in [1.82, 2.24) is 9.71 Å². The normalized spacial score (nSPS) is 13.5. The molecule has 0 radical (unpaired) electrons. The molecule has 0 aliphatic heterocycles. The minimum atomic E-state index is -3.62. The number of aromatic nitrogens is 1. The molecule has 7 heteroatoms. The molecule has 0 amide bonds. The first kappa shape index (κ1) is 16.3. The summed E-state index contributed by atoms with van der Waals surface area (Å²) in [4.78, 5) is 14.3. The third-order valence-electron chi connectivity index (χ3n) is 2.78. The molecule has 1 heterocycles. The Morgan fingerprint density at radius 2 is 2.20 bits per heavy atom. The number of pyridine rings is 1. The number of carboxylic acids is 1. The first-order chi connectivity index (χ1) is 9.35. The van der Waals surface area contributed by atoms with Crippen molar-refractivity contribution in [3.63, 3.8) is 0 Å². The molecule has 0 aliphatic rings. The Balaban J connectivity index is 2.90. The maximum Gasteiger partial charge on any atom is 0.328 e. The highest BCUT2D eigenvalue weighted by Gasteiger charge is 2.15. The number of rotatable bonds is 7. The number of hydrogen-bond donors (Lipinski definition) is 2. The molecule has 0 spiro atoms. The lowest BCUT2D eigenvalue weighted by Gasteiger charge is -2.10. The molecule has 1 rings (SSSR count). The van der Waals surface area contributed by atoms with Gasteiger partial charge in [0.15, 0.2) is 0 Å². The van der Waals surface area contributed by atoms with Gasteiger partial charge >= 0.3 is 5.97 Å². The number of sulfonamides is 1. The molecular formula is C13H18N2O4S. The third-order valence-corrected chi connectivity index (χ3v) is 4.17. The predicted molar refractivity (Wildman–Crippen MR) is 75.6 cm³/mol. The Morgan fingerprint density at radius 1 is 1.50 bits per heavy atom. The largest absolute Gasteiger partial charge is 0.478 e. The van der Waals surface area contributed by atoms with E-state index < -0.39 is 16.0 Å². The number of nitrogens with zero attached hydrogens (tertiary/aromatic N) is 1. The van der Waals surface area contributed by atoms with Crippen LogP contribution in [0.15, 0.2) is 29.4 Å². The molecule has 1 unspecified atom stereocenters. The van der Waals surface area contributed by atoms with Gasteiger partial charge in [0.25, 0.3) is 0 Å². The van der Waals surface area contributed by atoms with Gasteiger partial charge < -0.3 is 5.11 Å². The van der Waals surface area contributed by atoms with Gasteiger partial charge in [0, 0.05) is 25.0 Å². The molecular weight excluding hydrogens is 280 g/mol. The minimum Gasteiger partial charge on any atom is -0.478 e. The highest BCUT2D eigenvalue weighted by Crippen LogP contribution is 2.11. The van der Waals surface area contributed by atoms with E-state index in [9.17, 15) is 13.2 Å². The van der Waals surface area contributed by atoms with Crippen molar-refractivity contribution in [2.24, 2.45) is 5.92 Å². The average molecular weight is 298 g/mol. The van der Waals surface area contributed by atoms with Gasteiger partial charge in [-0.1, -0.05) is 20.3 Å². The van der Waals surface area contributed by atoms with E-state index in [1.54, 1.807) is 0 Å². The maximum absolute atomic E-state index is 12.1. The number of hydrogen-bond acceptors (Lipinski definition) is 4. The van der Waals surface area contributed by atoms with Crippen LogP contribution in [0, 0.1) is 5.92 Å². The summed E-state index contributed by atoms with van der Waals surface area (Å²) in [5.41, 5.74) is 0.416. The Kier molecular flexibility index (Phi) is 5.84. The van der Waals surface area contributed by atoms with Crippen LogP contribution in [0.4, 0.5) is 0 Å². The second kappa shape index (κ2) is 7.16. The minimum absolute atomic E-state index is 0.0216. The Morgan fingerprint density at radius 3 is 2.80 bits per heavy atom. The van der Waals surface area contributed by atoms with Gasteiger partial charge in [-0.2, -0.15) is 0 Å². The molecule has 0 saturated carbocycles. The smallest absolute Gasteiger partial charge is 0.328 e. The molecule has 110 valence electrons. The monoisotopic (exact) mass is 298 g/mol. The van der Waals surface area contributed by atoms with Crippen LogP contribution >= 0.6 is 0 Å². The van der Waals surface area contributed by atoms with E-state index in [0.717, 1.165) is 12.5 Å². The fraction of sp³-hybridized carbons (Fsp3) is 0.385. The van der Waals surface area contributed by atoms with Gasteiger partial charge in [-0.25, -0.2) is 17.9 Å². The van der Waals surface area contributed by atoms with E-state index in [1.807, 2.05) is 13.8 Å². The zero-order valence-corrected chi connectivity index (χ0v) is 12.2. The van der Waals surface area contributed by atoms with E-state index in [2.05, 4.69) is 9.71 Å². The molecule has 0 aromatic carbocycles. The quantitative estimate of drug-likeness (QED) is 0.744. The van der Waals surface area contributed by atoms with Crippen LogP contribution < -0.4 is 4.72 Å². The molecule has 0 fully saturated rings. The van der Waals surface area contributed by atoms with Crippen LogP contribution in [-0.2, 0) is 14.8 Å². The van der Waals surface area contributed by atoms with Crippen LogP contribution in [0.3, 0.4) is 0 Å². The predicted octanol–water partition coefficient (Wildman–Crippen LogP) is 1.50. The third kappa shape index (κ3) is 5.10. The lowest BCUT2D eigenvalue weighted by atomic mass is 10.1. The Hall–Kier alpha value is -1.73. The molecule has 1 aromatic heterocycles. The summed E-state index contributed by atoms with van der Waals surface area (Å²) < 4.78 is 26.6. The Bertz CT molecular complexity index is 596. The Labute approximate surface area is 118 Å². The summed E-state index contributed by atoms with van der Waals surface area (Å²) >= 11 is 0. The molecule has 0 saturated heterocycles. The summed E-state index contributed by atoms with van der Waals surface area (Å²) in [6, 6.07) is 1.38. The van der Waals surface area contributed by atoms with Crippen molar-refractivity contribution >= 4 is 22.1 Å². The second-order valence-electron chi connectivity index (χ2n) is 4.49. The second-order valence-corrected chi connectivity index (χ2v) is 6.26. The number of aliphatic carboxylic acids is 1. The first-order valence-corrected chi connectivity index (χ1v) is 7.69. The summed E-state index contributed by atoms with van der Waals surface area (Å²) in [5.74, 6) is -0.860. The van der Waals surface area contributed by atoms with E-state index in [0.29, 0.717) is 12.1 Å². The molecule has 1 aromatic rings. The molecule has 1 atom stereocenters. The maximum atomic E-state index is 12.1. The first-order valence-electron chi connectivity index (χ1n) is 6.21. The summed E-state index contributed by atoms with van der Waals surface area (Å²) in [5, 5.41) is 8.54. The standard InChI is InChI=1S/C13H18N2O4S/c1-3-10(2)7-15-20(18,19)12-6-11(8-14-9-12)4-5-13(16)17/h4-6,8-10,15H,3,7H2,1-2H3,(H,16,17). The van der Waals surface area contributed by atoms with E-state index in [1.165, 1.54) is 24.5 Å². The lowest BCUT2D eigenvalue weighted by molar-refractivity contribution is -0.131. The van der Waals surface area contributed by atoms with E-state index in [4.69, 9.17) is 5.11 Å². The van der Waals surface area contributed by atoms with Gasteiger partial charge in [0.05, 0.1) is 0 Å². The van der Waals surface area contributed by atoms with Gasteiger partial charge in [-0.15, -0.1) is 0 Å². The highest BCUT2D eigenvalue weighted by molar-refractivity contribution is 7.89. The lowest BCUT2D eigenvalue weighted by Crippen LogP contribution is -2.28.